The van der Waals surface area contributed by atoms with Gasteiger partial charge in [-0.15, -0.1) is 0 Å². The molecule has 0 spiro atoms. The van der Waals surface area contributed by atoms with E-state index < -0.39 is 6.10 Å². The van der Waals surface area contributed by atoms with Crippen LogP contribution in [-0.2, 0) is 11.2 Å². The smallest absolute Gasteiger partial charge is 0.251 e. The van der Waals surface area contributed by atoms with Crippen LogP contribution in [-0.4, -0.2) is 35.1 Å². The van der Waals surface area contributed by atoms with E-state index in [9.17, 15) is 9.90 Å². The van der Waals surface area contributed by atoms with Gasteiger partial charge in [0.25, 0.3) is 5.91 Å². The third-order valence-corrected chi connectivity index (χ3v) is 3.02. The van der Waals surface area contributed by atoms with Crippen molar-refractivity contribution >= 4 is 5.91 Å². The van der Waals surface area contributed by atoms with Gasteiger partial charge in [-0.25, -0.2) is 0 Å². The number of aliphatic hydroxyl groups excluding tert-OH is 1. The molecular weight excluding hydrogens is 202 g/mol. The summed E-state index contributed by atoms with van der Waals surface area (Å²) in [5.74, 6) is -0.109. The van der Waals surface area contributed by atoms with Gasteiger partial charge >= 0.3 is 0 Å². The van der Waals surface area contributed by atoms with E-state index in [0.29, 0.717) is 13.0 Å². The highest BCUT2D eigenvalue weighted by molar-refractivity contribution is 5.81. The number of amides is 1. The summed E-state index contributed by atoms with van der Waals surface area (Å²) in [6.07, 6.45) is 1.60. The van der Waals surface area contributed by atoms with Crippen LogP contribution in [0.4, 0.5) is 0 Å². The predicted molar refractivity (Wildman–Crippen MR) is 62.0 cm³/mol. The molecule has 1 aromatic carbocycles. The van der Waals surface area contributed by atoms with Gasteiger partial charge in [0, 0.05) is 13.1 Å². The maximum atomic E-state index is 11.6. The van der Waals surface area contributed by atoms with Crippen LogP contribution in [0.1, 0.15) is 18.4 Å². The fourth-order valence-electron chi connectivity index (χ4n) is 2.05. The van der Waals surface area contributed by atoms with E-state index >= 15 is 0 Å². The third kappa shape index (κ3) is 2.61. The number of hydrogen-bond acceptors (Lipinski definition) is 2. The first kappa shape index (κ1) is 11.1. The van der Waals surface area contributed by atoms with Gasteiger partial charge in [-0.05, 0) is 24.8 Å². The zero-order valence-electron chi connectivity index (χ0n) is 9.30. The van der Waals surface area contributed by atoms with E-state index in [2.05, 4.69) is 12.1 Å². The third-order valence-electron chi connectivity index (χ3n) is 3.02. The van der Waals surface area contributed by atoms with Crippen LogP contribution < -0.4 is 0 Å². The molecule has 1 atom stereocenters. The lowest BCUT2D eigenvalue weighted by molar-refractivity contribution is -0.143. The molecule has 0 saturated carbocycles. The minimum absolute atomic E-state index is 0.109. The molecule has 1 saturated heterocycles. The van der Waals surface area contributed by atoms with Crippen LogP contribution in [0.15, 0.2) is 30.3 Å². The molecule has 0 aromatic heterocycles. The first-order valence-corrected chi connectivity index (χ1v) is 5.78. The van der Waals surface area contributed by atoms with E-state index in [1.807, 2.05) is 18.2 Å². The average Bonchev–Trinajstić information content (AvgIpc) is 2.32. The molecule has 2 rings (SSSR count). The summed E-state index contributed by atoms with van der Waals surface area (Å²) >= 11 is 0. The van der Waals surface area contributed by atoms with Crippen LogP contribution in [0.25, 0.3) is 0 Å². The average molecular weight is 219 g/mol. The summed E-state index contributed by atoms with van der Waals surface area (Å²) in [6, 6.07) is 10.1. The van der Waals surface area contributed by atoms with Crippen molar-refractivity contribution in [2.24, 2.45) is 0 Å². The molecule has 0 bridgehead atoms. The zero-order chi connectivity index (χ0) is 11.4. The Kier molecular flexibility index (Phi) is 3.57. The molecular formula is C13H17NO2. The van der Waals surface area contributed by atoms with Gasteiger partial charge in [0.15, 0.2) is 0 Å². The quantitative estimate of drug-likeness (QED) is 0.830. The molecule has 3 heteroatoms. The molecule has 3 nitrogen and oxygen atoms in total. The van der Waals surface area contributed by atoms with Crippen molar-refractivity contribution in [1.29, 1.82) is 0 Å². The van der Waals surface area contributed by atoms with Gasteiger partial charge in [-0.3, -0.25) is 4.79 Å². The molecule has 1 N–H and O–H groups in total. The van der Waals surface area contributed by atoms with E-state index in [4.69, 9.17) is 0 Å². The Balaban J connectivity index is 1.88. The lowest BCUT2D eigenvalue weighted by Crippen LogP contribution is -2.44. The van der Waals surface area contributed by atoms with Gasteiger partial charge in [-0.2, -0.15) is 0 Å². The van der Waals surface area contributed by atoms with E-state index in [1.165, 1.54) is 5.56 Å². The standard InChI is InChI=1S/C13H17NO2/c15-12-7-4-9-14(13(12)16)10-8-11-5-2-1-3-6-11/h1-3,5-6,12,15H,4,7-10H2. The maximum absolute atomic E-state index is 11.6. The summed E-state index contributed by atoms with van der Waals surface area (Å²) in [7, 11) is 0. The van der Waals surface area contributed by atoms with Crippen molar-refractivity contribution in [2.45, 2.75) is 25.4 Å². The van der Waals surface area contributed by atoms with Crippen molar-refractivity contribution in [2.75, 3.05) is 13.1 Å². The monoisotopic (exact) mass is 219 g/mol. The zero-order valence-corrected chi connectivity index (χ0v) is 9.30. The van der Waals surface area contributed by atoms with Crippen LogP contribution in [0.3, 0.4) is 0 Å². The summed E-state index contributed by atoms with van der Waals surface area (Å²) < 4.78 is 0. The predicted octanol–water partition coefficient (Wildman–Crippen LogP) is 1.21. The van der Waals surface area contributed by atoms with Crippen molar-refractivity contribution in [3.63, 3.8) is 0 Å². The normalized spacial score (nSPS) is 21.2. The van der Waals surface area contributed by atoms with Gasteiger partial charge < -0.3 is 10.0 Å². The number of benzene rings is 1. The number of nitrogens with zero attached hydrogens (tertiary/aromatic N) is 1. The molecule has 16 heavy (non-hydrogen) atoms. The van der Waals surface area contributed by atoms with E-state index in [0.717, 1.165) is 19.4 Å². The molecule has 0 radical (unpaired) electrons. The number of piperidine rings is 1. The van der Waals surface area contributed by atoms with Crippen LogP contribution in [0.5, 0.6) is 0 Å². The molecule has 0 aliphatic carbocycles. The van der Waals surface area contributed by atoms with Crippen molar-refractivity contribution in [3.05, 3.63) is 35.9 Å². The lowest BCUT2D eigenvalue weighted by Gasteiger charge is -2.29. The summed E-state index contributed by atoms with van der Waals surface area (Å²) in [5.41, 5.74) is 1.23. The van der Waals surface area contributed by atoms with Gasteiger partial charge in [0.05, 0.1) is 0 Å². The number of aliphatic hydroxyl groups is 1. The molecule has 1 fully saturated rings. The maximum Gasteiger partial charge on any atom is 0.251 e. The highest BCUT2D eigenvalue weighted by Crippen LogP contribution is 2.12. The largest absolute Gasteiger partial charge is 0.383 e. The van der Waals surface area contributed by atoms with Gasteiger partial charge in [0.1, 0.15) is 6.10 Å². The Bertz CT molecular complexity index is 350. The number of carbonyl (C=O) groups is 1. The lowest BCUT2D eigenvalue weighted by atomic mass is 10.1. The topological polar surface area (TPSA) is 40.5 Å². The highest BCUT2D eigenvalue weighted by Gasteiger charge is 2.25. The fourth-order valence-corrected chi connectivity index (χ4v) is 2.05. The Morgan fingerprint density at radius 2 is 2.06 bits per heavy atom. The second-order valence-corrected chi connectivity index (χ2v) is 4.22. The molecule has 86 valence electrons. The summed E-state index contributed by atoms with van der Waals surface area (Å²) in [5, 5.41) is 9.45. The molecule has 1 amide bonds. The number of likely N-dealkylation sites (tertiary alicyclic amines) is 1. The summed E-state index contributed by atoms with van der Waals surface area (Å²) in [4.78, 5) is 13.4. The SMILES string of the molecule is O=C1C(O)CCCN1CCc1ccccc1. The number of hydrogen-bond donors (Lipinski definition) is 1. The molecule has 1 aliphatic heterocycles. The fraction of sp³-hybridized carbons (Fsp3) is 0.462. The van der Waals surface area contributed by atoms with E-state index in [-0.39, 0.29) is 5.91 Å². The van der Waals surface area contributed by atoms with E-state index in [1.54, 1.807) is 4.90 Å². The number of rotatable bonds is 3. The Labute approximate surface area is 95.7 Å². The van der Waals surface area contributed by atoms with Crippen molar-refractivity contribution < 1.29 is 9.90 Å². The van der Waals surface area contributed by atoms with Crippen LogP contribution >= 0.6 is 0 Å². The first-order valence-electron chi connectivity index (χ1n) is 5.78. The minimum atomic E-state index is -0.774. The summed E-state index contributed by atoms with van der Waals surface area (Å²) in [6.45, 7) is 1.49. The van der Waals surface area contributed by atoms with Crippen LogP contribution in [0.2, 0.25) is 0 Å². The minimum Gasteiger partial charge on any atom is -0.383 e. The Hall–Kier alpha value is -1.35. The van der Waals surface area contributed by atoms with Crippen molar-refractivity contribution in [1.82, 2.24) is 4.90 Å². The van der Waals surface area contributed by atoms with Gasteiger partial charge in [-0.1, -0.05) is 30.3 Å². The Morgan fingerprint density at radius 3 is 2.81 bits per heavy atom. The molecule has 1 aromatic rings. The van der Waals surface area contributed by atoms with Crippen molar-refractivity contribution in [3.8, 4) is 0 Å². The molecule has 1 aliphatic rings. The molecule has 1 heterocycles. The second-order valence-electron chi connectivity index (χ2n) is 4.22. The Morgan fingerprint density at radius 1 is 1.31 bits per heavy atom. The van der Waals surface area contributed by atoms with Gasteiger partial charge in [0.2, 0.25) is 0 Å². The first-order chi connectivity index (χ1) is 7.77. The molecule has 1 unspecified atom stereocenters. The van der Waals surface area contributed by atoms with Crippen LogP contribution in [0, 0.1) is 0 Å². The highest BCUT2D eigenvalue weighted by atomic mass is 16.3. The second kappa shape index (κ2) is 5.12. The number of carbonyl (C=O) groups excluding carboxylic acids is 1.